The second-order valence-electron chi connectivity index (χ2n) is 2.90. The van der Waals surface area contributed by atoms with Gasteiger partial charge in [0, 0.05) is 17.1 Å². The molecule has 0 aliphatic heterocycles. The van der Waals surface area contributed by atoms with Crippen molar-refractivity contribution in [3.63, 3.8) is 0 Å². The van der Waals surface area contributed by atoms with Gasteiger partial charge in [-0.05, 0) is 24.6 Å². The van der Waals surface area contributed by atoms with Gasteiger partial charge in [0.25, 0.3) is 5.91 Å². The first kappa shape index (κ1) is 11.2. The second-order valence-corrected chi connectivity index (χ2v) is 3.76. The van der Waals surface area contributed by atoms with E-state index < -0.39 is 0 Å². The summed E-state index contributed by atoms with van der Waals surface area (Å²) in [5.41, 5.74) is 1.73. The Morgan fingerprint density at radius 3 is 2.86 bits per heavy atom. The SMILES string of the molecule is COCNC(=O)c1ccc(C)c(Br)c1. The van der Waals surface area contributed by atoms with Gasteiger partial charge in [-0.2, -0.15) is 0 Å². The Morgan fingerprint density at radius 2 is 2.29 bits per heavy atom. The summed E-state index contributed by atoms with van der Waals surface area (Å²) in [5.74, 6) is -0.132. The highest BCUT2D eigenvalue weighted by atomic mass is 79.9. The van der Waals surface area contributed by atoms with Gasteiger partial charge in [0.1, 0.15) is 6.73 Å². The fourth-order valence-corrected chi connectivity index (χ4v) is 1.35. The highest BCUT2D eigenvalue weighted by molar-refractivity contribution is 9.10. The van der Waals surface area contributed by atoms with Crippen LogP contribution in [0, 0.1) is 6.92 Å². The molecule has 3 nitrogen and oxygen atoms in total. The summed E-state index contributed by atoms with van der Waals surface area (Å²) in [6.07, 6.45) is 0. The number of halogens is 1. The molecule has 1 aromatic rings. The standard InChI is InChI=1S/C10H12BrNO2/c1-7-3-4-8(5-9(7)11)10(13)12-6-14-2/h3-5H,6H2,1-2H3,(H,12,13). The number of benzene rings is 1. The average molecular weight is 258 g/mol. The van der Waals surface area contributed by atoms with Crippen LogP contribution in [0.15, 0.2) is 22.7 Å². The van der Waals surface area contributed by atoms with Crippen molar-refractivity contribution < 1.29 is 9.53 Å². The molecule has 1 amide bonds. The Kier molecular flexibility index (Phi) is 4.10. The van der Waals surface area contributed by atoms with E-state index in [0.717, 1.165) is 10.0 Å². The number of hydrogen-bond acceptors (Lipinski definition) is 2. The fraction of sp³-hybridized carbons (Fsp3) is 0.300. The van der Waals surface area contributed by atoms with Crippen LogP contribution in [0.4, 0.5) is 0 Å². The molecule has 0 unspecified atom stereocenters. The Hall–Kier alpha value is -0.870. The number of hydrogen-bond donors (Lipinski definition) is 1. The first-order valence-electron chi connectivity index (χ1n) is 4.18. The zero-order valence-electron chi connectivity index (χ0n) is 8.13. The normalized spacial score (nSPS) is 9.93. The highest BCUT2D eigenvalue weighted by Crippen LogP contribution is 2.17. The molecule has 0 radical (unpaired) electrons. The van der Waals surface area contributed by atoms with Crippen LogP contribution in [0.5, 0.6) is 0 Å². The van der Waals surface area contributed by atoms with Crippen molar-refractivity contribution in [2.24, 2.45) is 0 Å². The maximum atomic E-state index is 11.5. The maximum Gasteiger partial charge on any atom is 0.253 e. The molecule has 0 bridgehead atoms. The Balaban J connectivity index is 2.76. The summed E-state index contributed by atoms with van der Waals surface area (Å²) in [7, 11) is 1.53. The molecule has 76 valence electrons. The monoisotopic (exact) mass is 257 g/mol. The van der Waals surface area contributed by atoms with Gasteiger partial charge in [-0.15, -0.1) is 0 Å². The number of carbonyl (C=O) groups is 1. The summed E-state index contributed by atoms with van der Waals surface area (Å²) in [6.45, 7) is 2.20. The molecule has 0 aliphatic rings. The van der Waals surface area contributed by atoms with Crippen LogP contribution in [0.25, 0.3) is 0 Å². The molecule has 0 spiro atoms. The predicted octanol–water partition coefficient (Wildman–Crippen LogP) is 2.09. The Morgan fingerprint density at radius 1 is 1.57 bits per heavy atom. The van der Waals surface area contributed by atoms with Crippen molar-refractivity contribution in [3.8, 4) is 0 Å². The van der Waals surface area contributed by atoms with E-state index in [1.165, 1.54) is 7.11 Å². The van der Waals surface area contributed by atoms with Gasteiger partial charge < -0.3 is 10.1 Å². The summed E-state index contributed by atoms with van der Waals surface area (Å²) >= 11 is 3.37. The molecule has 14 heavy (non-hydrogen) atoms. The zero-order valence-corrected chi connectivity index (χ0v) is 9.72. The molecule has 1 N–H and O–H groups in total. The van der Waals surface area contributed by atoms with E-state index in [0.29, 0.717) is 5.56 Å². The molecular formula is C10H12BrNO2. The molecule has 0 aliphatic carbocycles. The Labute approximate surface area is 91.6 Å². The van der Waals surface area contributed by atoms with E-state index in [2.05, 4.69) is 21.2 Å². The first-order chi connectivity index (χ1) is 6.65. The van der Waals surface area contributed by atoms with Crippen LogP contribution in [0.3, 0.4) is 0 Å². The minimum Gasteiger partial charge on any atom is -0.364 e. The lowest BCUT2D eigenvalue weighted by atomic mass is 10.1. The number of rotatable bonds is 3. The van der Waals surface area contributed by atoms with E-state index in [-0.39, 0.29) is 12.6 Å². The second kappa shape index (κ2) is 5.12. The average Bonchev–Trinajstić information content (AvgIpc) is 2.18. The predicted molar refractivity (Wildman–Crippen MR) is 58.2 cm³/mol. The topological polar surface area (TPSA) is 38.3 Å². The van der Waals surface area contributed by atoms with E-state index in [4.69, 9.17) is 4.74 Å². The van der Waals surface area contributed by atoms with Crippen molar-refractivity contribution in [1.29, 1.82) is 0 Å². The van der Waals surface area contributed by atoms with Gasteiger partial charge in [-0.1, -0.05) is 22.0 Å². The number of nitrogens with one attached hydrogen (secondary N) is 1. The van der Waals surface area contributed by atoms with Crippen molar-refractivity contribution in [1.82, 2.24) is 5.32 Å². The van der Waals surface area contributed by atoms with Crippen LogP contribution in [-0.2, 0) is 4.74 Å². The molecule has 1 rings (SSSR count). The summed E-state index contributed by atoms with van der Waals surface area (Å²) in [6, 6.07) is 5.47. The Bertz CT molecular complexity index is 339. The van der Waals surface area contributed by atoms with E-state index in [9.17, 15) is 4.79 Å². The minimum atomic E-state index is -0.132. The lowest BCUT2D eigenvalue weighted by Gasteiger charge is -2.05. The van der Waals surface area contributed by atoms with Crippen LogP contribution in [0.2, 0.25) is 0 Å². The van der Waals surface area contributed by atoms with Crippen LogP contribution < -0.4 is 5.32 Å². The molecule has 0 atom stereocenters. The van der Waals surface area contributed by atoms with Crippen LogP contribution in [0.1, 0.15) is 15.9 Å². The molecule has 0 aromatic heterocycles. The quantitative estimate of drug-likeness (QED) is 0.843. The molecule has 0 saturated carbocycles. The molecule has 0 heterocycles. The number of ether oxygens (including phenoxy) is 1. The third-order valence-electron chi connectivity index (χ3n) is 1.81. The van der Waals surface area contributed by atoms with Gasteiger partial charge in [-0.3, -0.25) is 4.79 Å². The fourth-order valence-electron chi connectivity index (χ4n) is 0.974. The van der Waals surface area contributed by atoms with Crippen molar-refractivity contribution in [3.05, 3.63) is 33.8 Å². The van der Waals surface area contributed by atoms with Gasteiger partial charge in [-0.25, -0.2) is 0 Å². The summed E-state index contributed by atoms with van der Waals surface area (Å²) in [5, 5.41) is 2.61. The molecule has 0 saturated heterocycles. The maximum absolute atomic E-state index is 11.5. The van der Waals surface area contributed by atoms with Gasteiger partial charge >= 0.3 is 0 Å². The third-order valence-corrected chi connectivity index (χ3v) is 2.67. The van der Waals surface area contributed by atoms with E-state index in [1.807, 2.05) is 13.0 Å². The van der Waals surface area contributed by atoms with Gasteiger partial charge in [0.05, 0.1) is 0 Å². The summed E-state index contributed by atoms with van der Waals surface area (Å²) in [4.78, 5) is 11.5. The number of carbonyl (C=O) groups excluding carboxylic acids is 1. The van der Waals surface area contributed by atoms with Crippen LogP contribution >= 0.6 is 15.9 Å². The lowest BCUT2D eigenvalue weighted by molar-refractivity contribution is 0.0872. The summed E-state index contributed by atoms with van der Waals surface area (Å²) < 4.78 is 5.68. The van der Waals surface area contributed by atoms with E-state index in [1.54, 1.807) is 12.1 Å². The molecule has 0 fully saturated rings. The van der Waals surface area contributed by atoms with Gasteiger partial charge in [0.2, 0.25) is 0 Å². The largest absolute Gasteiger partial charge is 0.364 e. The van der Waals surface area contributed by atoms with Crippen molar-refractivity contribution >= 4 is 21.8 Å². The van der Waals surface area contributed by atoms with E-state index >= 15 is 0 Å². The lowest BCUT2D eigenvalue weighted by Crippen LogP contribution is -2.25. The third kappa shape index (κ3) is 2.82. The molecular weight excluding hydrogens is 246 g/mol. The van der Waals surface area contributed by atoms with Crippen LogP contribution in [-0.4, -0.2) is 19.7 Å². The van der Waals surface area contributed by atoms with Crippen molar-refractivity contribution in [2.45, 2.75) is 6.92 Å². The highest BCUT2D eigenvalue weighted by Gasteiger charge is 2.05. The first-order valence-corrected chi connectivity index (χ1v) is 4.97. The number of aryl methyl sites for hydroxylation is 1. The number of amides is 1. The minimum absolute atomic E-state index is 0.132. The van der Waals surface area contributed by atoms with Gasteiger partial charge in [0.15, 0.2) is 0 Å². The number of methoxy groups -OCH3 is 1. The smallest absolute Gasteiger partial charge is 0.253 e. The molecule has 4 heteroatoms. The van der Waals surface area contributed by atoms with Crippen molar-refractivity contribution in [2.75, 3.05) is 13.8 Å². The zero-order chi connectivity index (χ0) is 10.6. The molecule has 1 aromatic carbocycles.